The van der Waals surface area contributed by atoms with E-state index in [0.717, 1.165) is 5.56 Å². The van der Waals surface area contributed by atoms with Gasteiger partial charge in [0.1, 0.15) is 0 Å². The van der Waals surface area contributed by atoms with E-state index in [9.17, 15) is 4.79 Å². The van der Waals surface area contributed by atoms with Crippen molar-refractivity contribution in [2.24, 2.45) is 5.41 Å². The van der Waals surface area contributed by atoms with Gasteiger partial charge >= 0.3 is 0 Å². The highest BCUT2D eigenvalue weighted by atomic mass is 16.5. The molecule has 0 unspecified atom stereocenters. The lowest BCUT2D eigenvalue weighted by atomic mass is 9.95. The highest BCUT2D eigenvalue weighted by molar-refractivity contribution is 5.97. The average molecular weight is 322 g/mol. The van der Waals surface area contributed by atoms with E-state index >= 15 is 0 Å². The average Bonchev–Trinajstić information content (AvgIpc) is 3.05. The Morgan fingerprint density at radius 1 is 1.12 bits per heavy atom. The van der Waals surface area contributed by atoms with Crippen molar-refractivity contribution in [1.82, 2.24) is 15.1 Å². The van der Waals surface area contributed by atoms with Gasteiger partial charge in [-0.2, -0.15) is 4.98 Å². The first kappa shape index (κ1) is 15.9. The van der Waals surface area contributed by atoms with Crippen LogP contribution in [0.25, 0.3) is 22.8 Å². The van der Waals surface area contributed by atoms with Crippen LogP contribution < -0.4 is 5.32 Å². The van der Waals surface area contributed by atoms with E-state index in [-0.39, 0.29) is 5.91 Å². The molecule has 0 saturated heterocycles. The molecule has 0 bridgehead atoms. The summed E-state index contributed by atoms with van der Waals surface area (Å²) in [6.07, 6.45) is 3.35. The number of anilines is 1. The molecule has 1 N–H and O–H groups in total. The van der Waals surface area contributed by atoms with E-state index in [2.05, 4.69) is 20.4 Å². The first-order chi connectivity index (χ1) is 11.4. The molecule has 0 aliphatic heterocycles. The summed E-state index contributed by atoms with van der Waals surface area (Å²) in [7, 11) is 0. The molecule has 2 heterocycles. The highest BCUT2D eigenvalue weighted by Gasteiger charge is 2.23. The molecule has 0 fully saturated rings. The van der Waals surface area contributed by atoms with E-state index in [0.29, 0.717) is 23.0 Å². The van der Waals surface area contributed by atoms with E-state index in [1.807, 2.05) is 57.2 Å². The fraction of sp³-hybridized carbons (Fsp3) is 0.222. The SMILES string of the molecule is CC(C)(C)C(=O)Nc1ccccc1-c1nc(-c2cccnc2)no1. The number of benzene rings is 1. The highest BCUT2D eigenvalue weighted by Crippen LogP contribution is 2.29. The number of nitrogens with zero attached hydrogens (tertiary/aromatic N) is 3. The Morgan fingerprint density at radius 2 is 1.92 bits per heavy atom. The molecule has 0 atom stereocenters. The molecular weight excluding hydrogens is 304 g/mol. The third-order valence-corrected chi connectivity index (χ3v) is 3.43. The largest absolute Gasteiger partial charge is 0.334 e. The van der Waals surface area contributed by atoms with Gasteiger partial charge in [-0.25, -0.2) is 0 Å². The van der Waals surface area contributed by atoms with Gasteiger partial charge in [0.05, 0.1) is 11.3 Å². The van der Waals surface area contributed by atoms with E-state index < -0.39 is 5.41 Å². The van der Waals surface area contributed by atoms with Gasteiger partial charge in [-0.05, 0) is 24.3 Å². The van der Waals surface area contributed by atoms with Crippen molar-refractivity contribution in [1.29, 1.82) is 0 Å². The smallest absolute Gasteiger partial charge is 0.260 e. The number of nitrogens with one attached hydrogen (secondary N) is 1. The molecule has 6 heteroatoms. The molecule has 1 amide bonds. The van der Waals surface area contributed by atoms with Crippen LogP contribution in [0.1, 0.15) is 20.8 Å². The van der Waals surface area contributed by atoms with Gasteiger partial charge in [0.2, 0.25) is 11.7 Å². The monoisotopic (exact) mass is 322 g/mol. The second-order valence-electron chi connectivity index (χ2n) is 6.41. The standard InChI is InChI=1S/C18H18N4O2/c1-18(2,3)17(23)20-14-9-5-4-8-13(14)16-21-15(22-24-16)12-7-6-10-19-11-12/h4-11H,1-3H3,(H,20,23). The maximum Gasteiger partial charge on any atom is 0.260 e. The van der Waals surface area contributed by atoms with Crippen LogP contribution in [0.15, 0.2) is 53.3 Å². The second kappa shape index (κ2) is 6.23. The Kier molecular flexibility index (Phi) is 4.12. The second-order valence-corrected chi connectivity index (χ2v) is 6.41. The van der Waals surface area contributed by atoms with E-state index in [1.165, 1.54) is 0 Å². The van der Waals surface area contributed by atoms with Crippen LogP contribution in [0, 0.1) is 5.41 Å². The molecule has 122 valence electrons. The fourth-order valence-corrected chi connectivity index (χ4v) is 2.03. The van der Waals surface area contributed by atoms with Crippen LogP contribution in [0.4, 0.5) is 5.69 Å². The summed E-state index contributed by atoms with van der Waals surface area (Å²) < 4.78 is 5.37. The predicted octanol–water partition coefficient (Wildman–Crippen LogP) is 3.78. The van der Waals surface area contributed by atoms with Crippen molar-refractivity contribution >= 4 is 11.6 Å². The number of carbonyl (C=O) groups is 1. The van der Waals surface area contributed by atoms with Crippen molar-refractivity contribution in [2.75, 3.05) is 5.32 Å². The van der Waals surface area contributed by atoms with Crippen LogP contribution in [-0.4, -0.2) is 21.0 Å². The van der Waals surface area contributed by atoms with Crippen LogP contribution >= 0.6 is 0 Å². The summed E-state index contributed by atoms with van der Waals surface area (Å²) in [5, 5.41) is 6.91. The summed E-state index contributed by atoms with van der Waals surface area (Å²) in [5.74, 6) is 0.718. The van der Waals surface area contributed by atoms with Crippen LogP contribution in [0.5, 0.6) is 0 Å². The van der Waals surface area contributed by atoms with Gasteiger partial charge in [-0.15, -0.1) is 0 Å². The van der Waals surface area contributed by atoms with Gasteiger partial charge in [0.25, 0.3) is 5.89 Å². The molecule has 0 saturated carbocycles. The molecule has 6 nitrogen and oxygen atoms in total. The number of aromatic nitrogens is 3. The maximum absolute atomic E-state index is 12.3. The molecule has 1 aromatic carbocycles. The van der Waals surface area contributed by atoms with Crippen molar-refractivity contribution in [3.05, 3.63) is 48.8 Å². The van der Waals surface area contributed by atoms with Gasteiger partial charge < -0.3 is 9.84 Å². The Bertz CT molecular complexity index is 851. The molecule has 0 aliphatic carbocycles. The van der Waals surface area contributed by atoms with Gasteiger partial charge in [-0.1, -0.05) is 38.1 Å². The number of rotatable bonds is 3. The number of hydrogen-bond donors (Lipinski definition) is 1. The summed E-state index contributed by atoms with van der Waals surface area (Å²) in [4.78, 5) is 20.7. The van der Waals surface area contributed by atoms with Crippen LogP contribution in [0.3, 0.4) is 0 Å². The first-order valence-corrected chi connectivity index (χ1v) is 7.60. The van der Waals surface area contributed by atoms with Crippen molar-refractivity contribution in [3.63, 3.8) is 0 Å². The summed E-state index contributed by atoms with van der Waals surface area (Å²) >= 11 is 0. The third-order valence-electron chi connectivity index (χ3n) is 3.43. The van der Waals surface area contributed by atoms with E-state index in [1.54, 1.807) is 12.4 Å². The molecular formula is C18H18N4O2. The minimum absolute atomic E-state index is 0.0815. The Balaban J connectivity index is 1.94. The number of pyridine rings is 1. The lowest BCUT2D eigenvalue weighted by Gasteiger charge is -2.18. The Labute approximate surface area is 139 Å². The van der Waals surface area contributed by atoms with Crippen LogP contribution in [-0.2, 0) is 4.79 Å². The number of amides is 1. The van der Waals surface area contributed by atoms with Crippen LogP contribution in [0.2, 0.25) is 0 Å². The molecule has 3 aromatic rings. The molecule has 0 radical (unpaired) electrons. The molecule has 3 rings (SSSR count). The first-order valence-electron chi connectivity index (χ1n) is 7.60. The minimum atomic E-state index is -0.497. The minimum Gasteiger partial charge on any atom is -0.334 e. The third kappa shape index (κ3) is 3.32. The quantitative estimate of drug-likeness (QED) is 0.793. The number of para-hydroxylation sites is 1. The Hall–Kier alpha value is -3.02. The zero-order valence-corrected chi connectivity index (χ0v) is 13.8. The fourth-order valence-electron chi connectivity index (χ4n) is 2.03. The zero-order chi connectivity index (χ0) is 17.2. The lowest BCUT2D eigenvalue weighted by molar-refractivity contribution is -0.123. The van der Waals surface area contributed by atoms with Crippen molar-refractivity contribution in [3.8, 4) is 22.8 Å². The predicted molar refractivity (Wildman–Crippen MR) is 91.0 cm³/mol. The van der Waals surface area contributed by atoms with Crippen molar-refractivity contribution in [2.45, 2.75) is 20.8 Å². The normalized spacial score (nSPS) is 11.3. The molecule has 2 aromatic heterocycles. The maximum atomic E-state index is 12.3. The van der Waals surface area contributed by atoms with Crippen molar-refractivity contribution < 1.29 is 9.32 Å². The topological polar surface area (TPSA) is 80.9 Å². The Morgan fingerprint density at radius 3 is 2.62 bits per heavy atom. The van der Waals surface area contributed by atoms with Gasteiger partial charge in [-0.3, -0.25) is 9.78 Å². The molecule has 0 spiro atoms. The summed E-state index contributed by atoms with van der Waals surface area (Å²) in [6.45, 7) is 5.58. The summed E-state index contributed by atoms with van der Waals surface area (Å²) in [6, 6.07) is 11.0. The number of hydrogen-bond acceptors (Lipinski definition) is 5. The van der Waals surface area contributed by atoms with E-state index in [4.69, 9.17) is 4.52 Å². The molecule has 24 heavy (non-hydrogen) atoms. The molecule has 0 aliphatic rings. The summed E-state index contributed by atoms with van der Waals surface area (Å²) in [5.41, 5.74) is 1.59. The zero-order valence-electron chi connectivity index (χ0n) is 13.8. The van der Waals surface area contributed by atoms with Gasteiger partial charge in [0.15, 0.2) is 0 Å². The number of carbonyl (C=O) groups excluding carboxylic acids is 1. The lowest BCUT2D eigenvalue weighted by Crippen LogP contribution is -2.27. The van der Waals surface area contributed by atoms with Gasteiger partial charge in [0, 0.05) is 23.4 Å².